The number of pyridine rings is 1. The number of nitrogens with zero attached hydrogens (tertiary/aromatic N) is 2. The van der Waals surface area contributed by atoms with Crippen molar-refractivity contribution in [3.05, 3.63) is 52.1 Å². The molecule has 8 heteroatoms. The van der Waals surface area contributed by atoms with Crippen molar-refractivity contribution in [2.75, 3.05) is 18.1 Å². The zero-order chi connectivity index (χ0) is 17.1. The molecular formula is C16H14Cl2N2O4. The van der Waals surface area contributed by atoms with Gasteiger partial charge in [0.15, 0.2) is 0 Å². The van der Waals surface area contributed by atoms with Gasteiger partial charge < -0.3 is 14.6 Å². The Morgan fingerprint density at radius 1 is 1.29 bits per heavy atom. The van der Waals surface area contributed by atoms with Gasteiger partial charge in [-0.15, -0.1) is 0 Å². The van der Waals surface area contributed by atoms with Crippen LogP contribution in [0.25, 0.3) is 0 Å². The van der Waals surface area contributed by atoms with Crippen LogP contribution in [0.3, 0.4) is 0 Å². The number of hydrogen-bond donors (Lipinski definition) is 1. The first-order valence-corrected chi connectivity index (χ1v) is 7.95. The van der Waals surface area contributed by atoms with Gasteiger partial charge in [0.05, 0.1) is 25.0 Å². The van der Waals surface area contributed by atoms with E-state index in [4.69, 9.17) is 37.8 Å². The number of amides is 1. The van der Waals surface area contributed by atoms with E-state index in [0.717, 1.165) is 0 Å². The molecule has 1 unspecified atom stereocenters. The summed E-state index contributed by atoms with van der Waals surface area (Å²) in [6, 6.07) is 8.56. The monoisotopic (exact) mass is 368 g/mol. The number of carbonyl (C=O) groups is 1. The predicted octanol–water partition coefficient (Wildman–Crippen LogP) is 3.28. The summed E-state index contributed by atoms with van der Waals surface area (Å²) in [6.07, 6.45) is 0.480. The lowest BCUT2D eigenvalue weighted by Gasteiger charge is -2.13. The molecule has 0 spiro atoms. The van der Waals surface area contributed by atoms with E-state index in [1.54, 1.807) is 30.3 Å². The van der Waals surface area contributed by atoms with Gasteiger partial charge in [-0.1, -0.05) is 29.3 Å². The number of halogens is 2. The van der Waals surface area contributed by atoms with Crippen LogP contribution in [0, 0.1) is 0 Å². The van der Waals surface area contributed by atoms with Crippen molar-refractivity contribution in [2.24, 2.45) is 0 Å². The van der Waals surface area contributed by atoms with Crippen molar-refractivity contribution in [3.63, 3.8) is 0 Å². The number of ether oxygens (including phenoxy) is 2. The summed E-state index contributed by atoms with van der Waals surface area (Å²) in [7, 11) is 0. The maximum Gasteiger partial charge on any atom is 0.414 e. The Bertz CT molecular complexity index is 719. The van der Waals surface area contributed by atoms with E-state index in [1.165, 1.54) is 11.1 Å². The third-order valence-corrected chi connectivity index (χ3v) is 4.24. The Kier molecular flexibility index (Phi) is 5.08. The number of aromatic nitrogens is 1. The molecule has 0 aliphatic carbocycles. The second kappa shape index (κ2) is 7.25. The van der Waals surface area contributed by atoms with Gasteiger partial charge >= 0.3 is 6.09 Å². The highest BCUT2D eigenvalue weighted by molar-refractivity contribution is 6.35. The summed E-state index contributed by atoms with van der Waals surface area (Å²) >= 11 is 12.2. The standard InChI is InChI=1S/C16H14Cl2N2O4/c17-13-2-1-3-14(18)12(13)9-23-15-5-4-10(6-19-15)20-7-11(8-21)24-16(20)22/h1-6,11,21H,7-9H2. The highest BCUT2D eigenvalue weighted by Gasteiger charge is 2.31. The topological polar surface area (TPSA) is 71.9 Å². The minimum absolute atomic E-state index is 0.184. The molecule has 1 fully saturated rings. The van der Waals surface area contributed by atoms with Gasteiger partial charge in [-0.25, -0.2) is 9.78 Å². The number of cyclic esters (lactones) is 1. The lowest BCUT2D eigenvalue weighted by Crippen LogP contribution is -2.25. The third-order valence-electron chi connectivity index (χ3n) is 3.54. The number of benzene rings is 1. The Hall–Kier alpha value is -2.02. The van der Waals surface area contributed by atoms with Gasteiger partial charge in [0.2, 0.25) is 5.88 Å². The molecule has 126 valence electrons. The molecule has 2 heterocycles. The Balaban J connectivity index is 1.66. The van der Waals surface area contributed by atoms with E-state index in [1.807, 2.05) is 0 Å². The average Bonchev–Trinajstić information content (AvgIpc) is 2.96. The summed E-state index contributed by atoms with van der Waals surface area (Å²) in [4.78, 5) is 17.3. The fourth-order valence-electron chi connectivity index (χ4n) is 2.26. The van der Waals surface area contributed by atoms with E-state index in [2.05, 4.69) is 4.98 Å². The molecule has 0 saturated carbocycles. The van der Waals surface area contributed by atoms with Crippen molar-refractivity contribution in [3.8, 4) is 5.88 Å². The molecule has 0 bridgehead atoms. The molecule has 2 aromatic rings. The van der Waals surface area contributed by atoms with E-state index >= 15 is 0 Å². The number of hydrogen-bond acceptors (Lipinski definition) is 5. The fraction of sp³-hybridized carbons (Fsp3) is 0.250. The number of anilines is 1. The van der Waals surface area contributed by atoms with Crippen molar-refractivity contribution in [1.29, 1.82) is 0 Å². The van der Waals surface area contributed by atoms with Gasteiger partial charge in [0.25, 0.3) is 0 Å². The highest BCUT2D eigenvalue weighted by Crippen LogP contribution is 2.26. The molecular weight excluding hydrogens is 355 g/mol. The number of rotatable bonds is 5. The lowest BCUT2D eigenvalue weighted by molar-refractivity contribution is 0.0963. The number of carbonyl (C=O) groups excluding carboxylic acids is 1. The molecule has 1 aromatic heterocycles. The van der Waals surface area contributed by atoms with Crippen LogP contribution in [0.15, 0.2) is 36.5 Å². The Morgan fingerprint density at radius 3 is 2.62 bits per heavy atom. The van der Waals surface area contributed by atoms with Gasteiger partial charge in [0, 0.05) is 21.7 Å². The zero-order valence-electron chi connectivity index (χ0n) is 12.5. The van der Waals surface area contributed by atoms with Crippen LogP contribution in [0.2, 0.25) is 10.0 Å². The van der Waals surface area contributed by atoms with Crippen LogP contribution in [0.4, 0.5) is 10.5 Å². The largest absolute Gasteiger partial charge is 0.473 e. The molecule has 24 heavy (non-hydrogen) atoms. The normalized spacial score (nSPS) is 17.0. The second-order valence-corrected chi connectivity index (χ2v) is 5.96. The first kappa shape index (κ1) is 16.8. The second-order valence-electron chi connectivity index (χ2n) is 5.14. The molecule has 3 rings (SSSR count). The molecule has 1 N–H and O–H groups in total. The first-order valence-electron chi connectivity index (χ1n) is 7.19. The SMILES string of the molecule is O=C1OC(CO)CN1c1ccc(OCc2c(Cl)cccc2Cl)nc1. The van der Waals surface area contributed by atoms with E-state index in [-0.39, 0.29) is 19.8 Å². The number of aliphatic hydroxyl groups excluding tert-OH is 1. The predicted molar refractivity (Wildman–Crippen MR) is 89.7 cm³/mol. The minimum atomic E-state index is -0.518. The molecule has 1 amide bonds. The quantitative estimate of drug-likeness (QED) is 0.876. The molecule has 1 aromatic carbocycles. The van der Waals surface area contributed by atoms with E-state index < -0.39 is 12.2 Å². The smallest absolute Gasteiger partial charge is 0.414 e. The molecule has 0 radical (unpaired) electrons. The van der Waals surface area contributed by atoms with Crippen molar-refractivity contribution < 1.29 is 19.4 Å². The minimum Gasteiger partial charge on any atom is -0.473 e. The molecule has 1 saturated heterocycles. The first-order chi connectivity index (χ1) is 11.6. The van der Waals surface area contributed by atoms with Crippen LogP contribution >= 0.6 is 23.2 Å². The van der Waals surface area contributed by atoms with E-state index in [9.17, 15) is 4.79 Å². The summed E-state index contributed by atoms with van der Waals surface area (Å²) in [6.45, 7) is 0.255. The average molecular weight is 369 g/mol. The Morgan fingerprint density at radius 2 is 2.04 bits per heavy atom. The van der Waals surface area contributed by atoms with Gasteiger partial charge in [-0.3, -0.25) is 4.90 Å². The van der Waals surface area contributed by atoms with Gasteiger partial charge in [-0.2, -0.15) is 0 Å². The molecule has 1 aliphatic heterocycles. The highest BCUT2D eigenvalue weighted by atomic mass is 35.5. The van der Waals surface area contributed by atoms with E-state index in [0.29, 0.717) is 27.2 Å². The summed E-state index contributed by atoms with van der Waals surface area (Å²) < 4.78 is 10.6. The fourth-order valence-corrected chi connectivity index (χ4v) is 2.77. The maximum absolute atomic E-state index is 11.7. The zero-order valence-corrected chi connectivity index (χ0v) is 14.0. The summed E-state index contributed by atoms with van der Waals surface area (Å²) in [5.74, 6) is 0.376. The van der Waals surface area contributed by atoms with Crippen LogP contribution in [-0.2, 0) is 11.3 Å². The van der Waals surface area contributed by atoms with Crippen LogP contribution < -0.4 is 9.64 Å². The van der Waals surface area contributed by atoms with Crippen molar-refractivity contribution in [2.45, 2.75) is 12.7 Å². The summed E-state index contributed by atoms with van der Waals surface area (Å²) in [5.41, 5.74) is 1.25. The van der Waals surface area contributed by atoms with Crippen molar-refractivity contribution in [1.82, 2.24) is 4.98 Å². The van der Waals surface area contributed by atoms with Crippen LogP contribution in [0.1, 0.15) is 5.56 Å². The Labute approximate surface area is 148 Å². The van der Waals surface area contributed by atoms with Crippen LogP contribution in [0.5, 0.6) is 5.88 Å². The molecule has 6 nitrogen and oxygen atoms in total. The van der Waals surface area contributed by atoms with Crippen molar-refractivity contribution >= 4 is 35.0 Å². The van der Waals surface area contributed by atoms with Gasteiger partial charge in [0.1, 0.15) is 12.7 Å². The number of aliphatic hydroxyl groups is 1. The summed E-state index contributed by atoms with van der Waals surface area (Å²) in [5, 5.41) is 10.1. The maximum atomic E-state index is 11.7. The molecule has 1 aliphatic rings. The van der Waals surface area contributed by atoms with Crippen LogP contribution in [-0.4, -0.2) is 35.4 Å². The third kappa shape index (κ3) is 3.56. The molecule has 1 atom stereocenters. The lowest BCUT2D eigenvalue weighted by atomic mass is 10.2. The van der Waals surface area contributed by atoms with Gasteiger partial charge in [-0.05, 0) is 18.2 Å².